The molecule has 0 amide bonds. The SMILES string of the molecule is CC(C)(C)N1CCC(c2ccc(F)cc2)CC1. The Morgan fingerprint density at radius 3 is 2.06 bits per heavy atom. The summed E-state index contributed by atoms with van der Waals surface area (Å²) in [7, 11) is 0. The van der Waals surface area contributed by atoms with Gasteiger partial charge in [-0.25, -0.2) is 4.39 Å². The Kier molecular flexibility index (Phi) is 3.53. The van der Waals surface area contributed by atoms with Crippen LogP contribution in [0.4, 0.5) is 4.39 Å². The minimum Gasteiger partial charge on any atom is -0.298 e. The van der Waals surface area contributed by atoms with Gasteiger partial charge < -0.3 is 0 Å². The summed E-state index contributed by atoms with van der Waals surface area (Å²) in [5.41, 5.74) is 1.56. The quantitative estimate of drug-likeness (QED) is 0.715. The van der Waals surface area contributed by atoms with E-state index in [0.29, 0.717) is 5.92 Å². The van der Waals surface area contributed by atoms with Gasteiger partial charge in [-0.2, -0.15) is 0 Å². The summed E-state index contributed by atoms with van der Waals surface area (Å²) in [6, 6.07) is 7.02. The smallest absolute Gasteiger partial charge is 0.123 e. The van der Waals surface area contributed by atoms with Crippen LogP contribution in [0.2, 0.25) is 0 Å². The summed E-state index contributed by atoms with van der Waals surface area (Å²) in [6.45, 7) is 9.10. The van der Waals surface area contributed by atoms with Gasteiger partial charge in [0.15, 0.2) is 0 Å². The van der Waals surface area contributed by atoms with Gasteiger partial charge in [0.25, 0.3) is 0 Å². The summed E-state index contributed by atoms with van der Waals surface area (Å²) >= 11 is 0. The van der Waals surface area contributed by atoms with Crippen molar-refractivity contribution >= 4 is 0 Å². The Morgan fingerprint density at radius 1 is 1.06 bits per heavy atom. The molecule has 0 N–H and O–H groups in total. The Morgan fingerprint density at radius 2 is 1.59 bits per heavy atom. The van der Waals surface area contributed by atoms with Gasteiger partial charge in [-0.3, -0.25) is 4.90 Å². The van der Waals surface area contributed by atoms with Crippen LogP contribution in [0.5, 0.6) is 0 Å². The van der Waals surface area contributed by atoms with Crippen molar-refractivity contribution < 1.29 is 4.39 Å². The molecule has 1 fully saturated rings. The highest BCUT2D eigenvalue weighted by Gasteiger charge is 2.27. The maximum atomic E-state index is 12.9. The molecular formula is C15H22FN. The molecule has 0 spiro atoms. The lowest BCUT2D eigenvalue weighted by atomic mass is 9.87. The molecule has 0 unspecified atom stereocenters. The number of hydrogen-bond acceptors (Lipinski definition) is 1. The van der Waals surface area contributed by atoms with Gasteiger partial charge in [-0.15, -0.1) is 0 Å². The molecule has 17 heavy (non-hydrogen) atoms. The van der Waals surface area contributed by atoms with E-state index in [0.717, 1.165) is 13.1 Å². The van der Waals surface area contributed by atoms with E-state index in [1.54, 1.807) is 12.1 Å². The molecule has 2 rings (SSSR count). The topological polar surface area (TPSA) is 3.24 Å². The Balaban J connectivity index is 1.97. The molecule has 1 nitrogen and oxygen atoms in total. The molecule has 0 radical (unpaired) electrons. The summed E-state index contributed by atoms with van der Waals surface area (Å²) in [5, 5.41) is 0. The minimum atomic E-state index is -0.138. The monoisotopic (exact) mass is 235 g/mol. The molecule has 0 atom stereocenters. The van der Waals surface area contributed by atoms with Crippen LogP contribution < -0.4 is 0 Å². The molecule has 1 aromatic rings. The third-order valence-electron chi connectivity index (χ3n) is 3.79. The van der Waals surface area contributed by atoms with E-state index in [2.05, 4.69) is 25.7 Å². The Bertz CT molecular complexity index is 356. The van der Waals surface area contributed by atoms with Crippen LogP contribution in [0.1, 0.15) is 45.1 Å². The zero-order valence-corrected chi connectivity index (χ0v) is 11.0. The number of piperidine rings is 1. The first-order valence-electron chi connectivity index (χ1n) is 6.47. The fourth-order valence-corrected chi connectivity index (χ4v) is 2.62. The number of halogens is 1. The number of rotatable bonds is 1. The second-order valence-electron chi connectivity index (χ2n) is 5.98. The van der Waals surface area contributed by atoms with Crippen LogP contribution in [0.25, 0.3) is 0 Å². The van der Waals surface area contributed by atoms with Crippen molar-refractivity contribution in [2.24, 2.45) is 0 Å². The van der Waals surface area contributed by atoms with E-state index in [1.807, 2.05) is 12.1 Å². The van der Waals surface area contributed by atoms with Crippen molar-refractivity contribution in [1.29, 1.82) is 0 Å². The molecule has 2 heteroatoms. The lowest BCUT2D eigenvalue weighted by molar-refractivity contribution is 0.102. The van der Waals surface area contributed by atoms with Gasteiger partial charge in [-0.1, -0.05) is 12.1 Å². The number of likely N-dealkylation sites (tertiary alicyclic amines) is 1. The first kappa shape index (κ1) is 12.6. The number of benzene rings is 1. The molecule has 0 saturated carbocycles. The summed E-state index contributed by atoms with van der Waals surface area (Å²) in [6.07, 6.45) is 2.37. The highest BCUT2D eigenvalue weighted by Crippen LogP contribution is 2.30. The maximum absolute atomic E-state index is 12.9. The van der Waals surface area contributed by atoms with Gasteiger partial charge in [0.05, 0.1) is 0 Å². The van der Waals surface area contributed by atoms with Crippen molar-refractivity contribution in [2.75, 3.05) is 13.1 Å². The van der Waals surface area contributed by atoms with Gasteiger partial charge in [0.1, 0.15) is 5.82 Å². The third-order valence-corrected chi connectivity index (χ3v) is 3.79. The second-order valence-corrected chi connectivity index (χ2v) is 5.98. The summed E-state index contributed by atoms with van der Waals surface area (Å²) in [4.78, 5) is 2.53. The maximum Gasteiger partial charge on any atom is 0.123 e. The highest BCUT2D eigenvalue weighted by molar-refractivity contribution is 5.21. The first-order valence-corrected chi connectivity index (χ1v) is 6.47. The molecule has 94 valence electrons. The van der Waals surface area contributed by atoms with E-state index >= 15 is 0 Å². The fraction of sp³-hybridized carbons (Fsp3) is 0.600. The van der Waals surface area contributed by atoms with E-state index in [9.17, 15) is 4.39 Å². The van der Waals surface area contributed by atoms with Crippen molar-refractivity contribution in [3.8, 4) is 0 Å². The van der Waals surface area contributed by atoms with Crippen LogP contribution >= 0.6 is 0 Å². The van der Waals surface area contributed by atoms with E-state index in [-0.39, 0.29) is 11.4 Å². The lowest BCUT2D eigenvalue weighted by Crippen LogP contribution is -2.45. The highest BCUT2D eigenvalue weighted by atomic mass is 19.1. The molecule has 1 aliphatic rings. The molecule has 0 aliphatic carbocycles. The average Bonchev–Trinajstić information content (AvgIpc) is 2.29. The zero-order valence-electron chi connectivity index (χ0n) is 11.0. The molecule has 1 aromatic carbocycles. The normalized spacial score (nSPS) is 19.5. The second kappa shape index (κ2) is 4.77. The van der Waals surface area contributed by atoms with Gasteiger partial charge in [0.2, 0.25) is 0 Å². The van der Waals surface area contributed by atoms with E-state index in [4.69, 9.17) is 0 Å². The van der Waals surface area contributed by atoms with Gasteiger partial charge in [0, 0.05) is 5.54 Å². The first-order chi connectivity index (χ1) is 7.97. The molecular weight excluding hydrogens is 213 g/mol. The molecule has 0 aromatic heterocycles. The van der Waals surface area contributed by atoms with Gasteiger partial charge in [-0.05, 0) is 70.3 Å². The third kappa shape index (κ3) is 3.06. The largest absolute Gasteiger partial charge is 0.298 e. The van der Waals surface area contributed by atoms with Crippen molar-refractivity contribution in [2.45, 2.75) is 45.1 Å². The number of nitrogens with zero attached hydrogens (tertiary/aromatic N) is 1. The van der Waals surface area contributed by atoms with Crippen LogP contribution in [0.15, 0.2) is 24.3 Å². The molecule has 1 aliphatic heterocycles. The van der Waals surface area contributed by atoms with Crippen molar-refractivity contribution in [3.05, 3.63) is 35.6 Å². The zero-order chi connectivity index (χ0) is 12.5. The van der Waals surface area contributed by atoms with Crippen LogP contribution in [0.3, 0.4) is 0 Å². The molecule has 1 heterocycles. The predicted octanol–water partition coefficient (Wildman–Crippen LogP) is 3.80. The standard InChI is InChI=1S/C15H22FN/c1-15(2,3)17-10-8-13(9-11-17)12-4-6-14(16)7-5-12/h4-7,13H,8-11H2,1-3H3. The Hall–Kier alpha value is -0.890. The van der Waals surface area contributed by atoms with Crippen molar-refractivity contribution in [3.63, 3.8) is 0 Å². The van der Waals surface area contributed by atoms with Crippen molar-refractivity contribution in [1.82, 2.24) is 4.90 Å². The minimum absolute atomic E-state index is 0.138. The fourth-order valence-electron chi connectivity index (χ4n) is 2.62. The van der Waals surface area contributed by atoms with E-state index < -0.39 is 0 Å². The molecule has 0 bridgehead atoms. The number of hydrogen-bond donors (Lipinski definition) is 0. The average molecular weight is 235 g/mol. The summed E-state index contributed by atoms with van der Waals surface area (Å²) < 4.78 is 12.9. The van der Waals surface area contributed by atoms with E-state index in [1.165, 1.54) is 18.4 Å². The lowest BCUT2D eigenvalue weighted by Gasteiger charge is -2.41. The van der Waals surface area contributed by atoms with Crippen LogP contribution in [-0.4, -0.2) is 23.5 Å². The predicted molar refractivity (Wildman–Crippen MR) is 69.7 cm³/mol. The van der Waals surface area contributed by atoms with Crippen LogP contribution in [-0.2, 0) is 0 Å². The van der Waals surface area contributed by atoms with Gasteiger partial charge >= 0.3 is 0 Å². The summed E-state index contributed by atoms with van der Waals surface area (Å²) in [5.74, 6) is 0.468. The Labute approximate surface area is 104 Å². The van der Waals surface area contributed by atoms with Crippen LogP contribution in [0, 0.1) is 5.82 Å². The molecule has 1 saturated heterocycles.